The van der Waals surface area contributed by atoms with Crippen molar-refractivity contribution < 1.29 is 73.5 Å². The van der Waals surface area contributed by atoms with Gasteiger partial charge in [0.1, 0.15) is 28.7 Å². The summed E-state index contributed by atoms with van der Waals surface area (Å²) in [6, 6.07) is 84.3. The van der Waals surface area contributed by atoms with E-state index in [0.717, 1.165) is 104 Å². The fourth-order valence-electron chi connectivity index (χ4n) is 16.7. The number of benzene rings is 10. The largest absolute Gasteiger partial charge is 0.508 e. The Bertz CT molecular complexity index is 7030. The Morgan fingerprint density at radius 2 is 0.696 bits per heavy atom. The Balaban J connectivity index is 0.000000123. The number of amides is 8. The van der Waals surface area contributed by atoms with Crippen molar-refractivity contribution in [3.63, 3.8) is 0 Å². The number of rotatable bonds is 24. The number of nitrogens with one attached hydrogen (secondary N) is 4. The molecule has 14 aromatic rings. The number of carbonyl (C=O) groups is 10. The van der Waals surface area contributed by atoms with Gasteiger partial charge in [-0.1, -0.05) is 194 Å². The summed E-state index contributed by atoms with van der Waals surface area (Å²) in [5, 5.41) is 57.9. The molecular formula is C106H90N14O15. The summed E-state index contributed by atoms with van der Waals surface area (Å²) in [6.07, 6.45) is 15.9. The van der Waals surface area contributed by atoms with Gasteiger partial charge >= 0.3 is 0 Å². The van der Waals surface area contributed by atoms with E-state index in [1.165, 1.54) is 30.4 Å². The number of phenols is 5. The highest BCUT2D eigenvalue weighted by molar-refractivity contribution is 6.34. The summed E-state index contributed by atoms with van der Waals surface area (Å²) in [6.45, 7) is 4.20. The van der Waals surface area contributed by atoms with Crippen LogP contribution in [0.3, 0.4) is 0 Å². The molecule has 6 aliphatic rings. The zero-order valence-electron chi connectivity index (χ0n) is 72.7. The maximum Gasteiger partial charge on any atom is 0.260 e. The van der Waals surface area contributed by atoms with E-state index < -0.39 is 29.5 Å². The van der Waals surface area contributed by atoms with Gasteiger partial charge in [-0.3, -0.25) is 69.2 Å². The maximum atomic E-state index is 12.3. The van der Waals surface area contributed by atoms with Gasteiger partial charge in [0.2, 0.25) is 0 Å². The molecule has 5 aliphatic heterocycles. The molecule has 1 saturated heterocycles. The van der Waals surface area contributed by atoms with Gasteiger partial charge in [-0.25, -0.2) is 19.9 Å². The Labute approximate surface area is 774 Å². The minimum atomic E-state index is -0.440. The van der Waals surface area contributed by atoms with Crippen molar-refractivity contribution >= 4 is 81.3 Å². The highest BCUT2D eigenvalue weighted by Gasteiger charge is 2.35. The van der Waals surface area contributed by atoms with Gasteiger partial charge in [-0.2, -0.15) is 0 Å². The van der Waals surface area contributed by atoms with E-state index in [1.54, 1.807) is 115 Å². The predicted octanol–water partition coefficient (Wildman–Crippen LogP) is 12.3. The predicted molar refractivity (Wildman–Crippen MR) is 504 cm³/mol. The molecule has 8 amide bonds. The van der Waals surface area contributed by atoms with Crippen molar-refractivity contribution in [3.8, 4) is 51.3 Å². The molecule has 135 heavy (non-hydrogen) atoms. The molecule has 674 valence electrons. The number of hydrogen-bond acceptors (Lipinski definition) is 21. The summed E-state index contributed by atoms with van der Waals surface area (Å²) in [7, 11) is 0. The zero-order chi connectivity index (χ0) is 94.0. The number of carbonyl (C=O) groups excluding carboxylic acids is 10. The van der Waals surface area contributed by atoms with Crippen molar-refractivity contribution in [2.24, 2.45) is 0 Å². The third kappa shape index (κ3) is 22.9. The normalized spacial score (nSPS) is 14.9. The number of aromatic hydroxyl groups is 5. The summed E-state index contributed by atoms with van der Waals surface area (Å²) < 4.78 is 7.54. The van der Waals surface area contributed by atoms with Crippen LogP contribution in [0.2, 0.25) is 0 Å². The van der Waals surface area contributed by atoms with Crippen molar-refractivity contribution in [2.45, 2.75) is 70.7 Å². The number of imidazole rings is 4. The molecule has 1 fully saturated rings. The lowest BCUT2D eigenvalue weighted by molar-refractivity contribution is -0.125. The lowest BCUT2D eigenvalue weighted by atomic mass is 9.99. The number of imide groups is 4. The quantitative estimate of drug-likeness (QED) is 0.0200. The molecule has 4 aromatic heterocycles. The SMILES string of the molecule is O=C1C=C(CC2CN(c3ccccc3)CCN2c2cccc(O)c2)C(=O)C1.O=C1C=C(Cc2c(-c3ccccc3)ncn2Cc2cccc(O)c2)C(=O)N1.O=C1C=C(Cc2c(Cc3ccccc3)ncn2Cc2cccc(O)c2)C(=O)N1.O=C1C=C(c2c(-c3ccccc3)ncn2Cc2cccc(O)c2)C(=O)N1.O=C1C=C(c2c(Cc3ccccc3)ncn2Cc2cccc(O)c2)C(=O)N1. The molecule has 10 aromatic carbocycles. The number of allylic oxidation sites excluding steroid dienone is 1. The fourth-order valence-corrected chi connectivity index (χ4v) is 16.7. The van der Waals surface area contributed by atoms with Gasteiger partial charge in [-0.05, 0) is 119 Å². The van der Waals surface area contributed by atoms with Crippen LogP contribution < -0.4 is 31.1 Å². The Morgan fingerprint density at radius 3 is 1.16 bits per heavy atom. The van der Waals surface area contributed by atoms with E-state index in [0.29, 0.717) is 97.7 Å². The van der Waals surface area contributed by atoms with E-state index in [2.05, 4.69) is 63.1 Å². The van der Waals surface area contributed by atoms with Crippen molar-refractivity contribution in [2.75, 3.05) is 29.4 Å². The number of para-hydroxylation sites is 1. The lowest BCUT2D eigenvalue weighted by Gasteiger charge is -2.44. The van der Waals surface area contributed by atoms with Gasteiger partial charge in [0, 0.05) is 147 Å². The molecule has 0 saturated carbocycles. The second-order valence-corrected chi connectivity index (χ2v) is 32.6. The first-order valence-electron chi connectivity index (χ1n) is 43.3. The first-order valence-corrected chi connectivity index (χ1v) is 43.3. The van der Waals surface area contributed by atoms with Gasteiger partial charge in [0.25, 0.3) is 47.3 Å². The molecule has 29 nitrogen and oxygen atoms in total. The van der Waals surface area contributed by atoms with Gasteiger partial charge < -0.3 is 53.6 Å². The Kier molecular flexibility index (Phi) is 28.0. The Hall–Kier alpha value is -17.8. The highest BCUT2D eigenvalue weighted by Crippen LogP contribution is 2.36. The number of aromatic nitrogens is 8. The lowest BCUT2D eigenvalue weighted by Crippen LogP contribution is -2.53. The number of Topliss-reactive ketones (excluding diaryl/α,β-unsaturated/α-hetero) is 1. The molecule has 9 heterocycles. The summed E-state index contributed by atoms with van der Waals surface area (Å²) in [5.41, 5.74) is 17.5. The number of ketones is 2. The highest BCUT2D eigenvalue weighted by atomic mass is 16.3. The molecular weight excluding hydrogens is 1710 g/mol. The van der Waals surface area contributed by atoms with Gasteiger partial charge in [-0.15, -0.1) is 0 Å². The molecule has 9 N–H and O–H groups in total. The third-order valence-electron chi connectivity index (χ3n) is 23.0. The topological polar surface area (TPSA) is 398 Å². The minimum Gasteiger partial charge on any atom is -0.508 e. The molecule has 29 heteroatoms. The first kappa shape index (κ1) is 90.6. The van der Waals surface area contributed by atoms with Gasteiger partial charge in [0.05, 0.1) is 88.8 Å². The van der Waals surface area contributed by atoms with Crippen LogP contribution in [0, 0.1) is 0 Å². The molecule has 0 radical (unpaired) electrons. The molecule has 1 aliphatic carbocycles. The van der Waals surface area contributed by atoms with Crippen LogP contribution in [0.5, 0.6) is 28.7 Å². The summed E-state index contributed by atoms with van der Waals surface area (Å²) >= 11 is 0. The molecule has 0 bridgehead atoms. The number of anilines is 2. The van der Waals surface area contributed by atoms with E-state index in [1.807, 2.05) is 190 Å². The van der Waals surface area contributed by atoms with E-state index in [4.69, 9.17) is 0 Å². The van der Waals surface area contributed by atoms with Crippen LogP contribution in [0.15, 0.2) is 345 Å². The molecule has 1 atom stereocenters. The Morgan fingerprint density at radius 1 is 0.319 bits per heavy atom. The average molecular weight is 1800 g/mol. The molecule has 1 unspecified atom stereocenters. The van der Waals surface area contributed by atoms with Gasteiger partial charge in [0.15, 0.2) is 11.6 Å². The van der Waals surface area contributed by atoms with E-state index >= 15 is 0 Å². The van der Waals surface area contributed by atoms with Crippen LogP contribution in [-0.2, 0) is 99.8 Å². The maximum absolute atomic E-state index is 12.3. The number of hydrogen-bond donors (Lipinski definition) is 9. The molecule has 0 spiro atoms. The van der Waals surface area contributed by atoms with Crippen LogP contribution in [-0.4, -0.2) is 148 Å². The molecule has 20 rings (SSSR count). The fraction of sp³-hybridized carbons (Fsp3) is 0.132. The summed E-state index contributed by atoms with van der Waals surface area (Å²) in [4.78, 5) is 141. The monoisotopic (exact) mass is 1800 g/mol. The zero-order valence-corrected chi connectivity index (χ0v) is 72.7. The van der Waals surface area contributed by atoms with Crippen molar-refractivity contribution in [1.82, 2.24) is 59.5 Å². The number of phenolic OH excluding ortho intramolecular Hbond substituents is 5. The average Bonchev–Trinajstić information content (AvgIpc) is 1.72. The first-order chi connectivity index (χ1) is 65.5. The third-order valence-corrected chi connectivity index (χ3v) is 23.0. The minimum absolute atomic E-state index is 0.00339. The standard InChI is InChI=1S/C22H19N3O3.C22H22N2O3.2C21H17N3O3.C20H15N3O3/c26-18-8-4-7-16(9-18)13-25-14-23-19(10-15-5-2-1-3-6-15)20(25)11-17-12-21(27)24-22(17)28;25-20-8-4-7-18(13-20)24-10-9-23(17-5-2-1-3-6-17)15-19(24)11-16-12-21(26)14-22(16)27;25-17-8-4-5-14(9-17)12-24-13-22-20(15-6-2-1-3-7-15)18(24)10-16-11-19(26)23-21(16)27;25-16-8-4-7-15(9-16)12-24-13-22-18(10-14-5-2-1-3-6-14)20(24)17-11-19(26)23-21(17)27;24-15-8-4-5-13(9-15)11-23-12-21-18(14-6-2-1-3-7-14)19(23)16-10-17(25)22-20(16)26/h1-9,12,14,26H,10-11,13H2,(H,24,27,28);1-8,12-13,19,25H,9-11,14-15H2;2*1-9,11,13,25H,10,12H2,(H,23,26,27);1-10,12,24H,11H2,(H,22,25,26). The second kappa shape index (κ2) is 41.8. The van der Waals surface area contributed by atoms with Crippen molar-refractivity contribution in [3.05, 3.63) is 413 Å². The second-order valence-electron chi connectivity index (χ2n) is 32.6. The van der Waals surface area contributed by atoms with E-state index in [-0.39, 0.29) is 76.1 Å². The smallest absolute Gasteiger partial charge is 0.260 e. The van der Waals surface area contributed by atoms with Crippen LogP contribution in [0.1, 0.15) is 80.4 Å². The van der Waals surface area contributed by atoms with Crippen LogP contribution >= 0.6 is 0 Å². The summed E-state index contributed by atoms with van der Waals surface area (Å²) in [5.74, 6) is -2.44. The van der Waals surface area contributed by atoms with Crippen LogP contribution in [0.25, 0.3) is 33.7 Å². The van der Waals surface area contributed by atoms with Crippen molar-refractivity contribution in [1.29, 1.82) is 0 Å². The van der Waals surface area contributed by atoms with Crippen LogP contribution in [0.4, 0.5) is 11.4 Å². The van der Waals surface area contributed by atoms with E-state index in [9.17, 15) is 73.5 Å². The number of piperazine rings is 1. The number of nitrogens with zero attached hydrogens (tertiary/aromatic N) is 10.